The summed E-state index contributed by atoms with van der Waals surface area (Å²) in [6.07, 6.45) is 6.48. The van der Waals surface area contributed by atoms with Crippen LogP contribution >= 0.6 is 0 Å². The fourth-order valence-electron chi connectivity index (χ4n) is 4.74. The monoisotopic (exact) mass is 445 g/mol. The molecule has 1 fully saturated rings. The Balaban J connectivity index is 1.42. The second-order valence-electron chi connectivity index (χ2n) is 9.01. The van der Waals surface area contributed by atoms with Crippen molar-refractivity contribution in [3.8, 4) is 16.9 Å². The fraction of sp³-hybridized carbons (Fsp3) is 0.345. The van der Waals surface area contributed by atoms with E-state index in [9.17, 15) is 9.18 Å². The normalized spacial score (nSPS) is 18.0. The van der Waals surface area contributed by atoms with Crippen LogP contribution < -0.4 is 10.1 Å². The molecule has 0 bridgehead atoms. The summed E-state index contributed by atoms with van der Waals surface area (Å²) in [7, 11) is 0. The summed E-state index contributed by atoms with van der Waals surface area (Å²) in [5.41, 5.74) is 4.25. The number of carbonyl (C=O) groups is 1. The summed E-state index contributed by atoms with van der Waals surface area (Å²) in [4.78, 5) is 11.3. The second-order valence-corrected chi connectivity index (χ2v) is 9.01. The van der Waals surface area contributed by atoms with Crippen LogP contribution in [0.4, 0.5) is 4.39 Å². The zero-order valence-electron chi connectivity index (χ0n) is 19.2. The SMILES string of the molecule is CC(=O)NCCc1ccc(OC2CCC(Cc3ccccc3)CC2)cc1-c1cccc(F)c1. The van der Waals surface area contributed by atoms with E-state index in [1.807, 2.05) is 24.3 Å². The van der Waals surface area contributed by atoms with Gasteiger partial charge in [0.2, 0.25) is 5.91 Å². The average Bonchev–Trinajstić information content (AvgIpc) is 2.82. The first kappa shape index (κ1) is 23.0. The average molecular weight is 446 g/mol. The lowest BCUT2D eigenvalue weighted by atomic mass is 9.83. The van der Waals surface area contributed by atoms with Crippen LogP contribution in [0, 0.1) is 11.7 Å². The number of hydrogen-bond acceptors (Lipinski definition) is 2. The van der Waals surface area contributed by atoms with E-state index in [1.165, 1.54) is 31.4 Å². The quantitative estimate of drug-likeness (QED) is 0.439. The first-order valence-corrected chi connectivity index (χ1v) is 11.9. The highest BCUT2D eigenvalue weighted by molar-refractivity contribution is 5.73. The third-order valence-corrected chi connectivity index (χ3v) is 6.45. The Hall–Kier alpha value is -3.14. The predicted molar refractivity (Wildman–Crippen MR) is 131 cm³/mol. The van der Waals surface area contributed by atoms with Crippen LogP contribution in [0.2, 0.25) is 0 Å². The first-order valence-electron chi connectivity index (χ1n) is 11.9. The van der Waals surface area contributed by atoms with Gasteiger partial charge in [0.15, 0.2) is 0 Å². The minimum absolute atomic E-state index is 0.0508. The Bertz CT molecular complexity index is 1060. The second kappa shape index (κ2) is 11.1. The Labute approximate surface area is 196 Å². The summed E-state index contributed by atoms with van der Waals surface area (Å²) in [6.45, 7) is 2.06. The summed E-state index contributed by atoms with van der Waals surface area (Å²) < 4.78 is 20.3. The third-order valence-electron chi connectivity index (χ3n) is 6.45. The molecule has 0 saturated heterocycles. The molecule has 0 spiro atoms. The molecule has 0 atom stereocenters. The zero-order valence-corrected chi connectivity index (χ0v) is 19.2. The van der Waals surface area contributed by atoms with Gasteiger partial charge in [0.1, 0.15) is 11.6 Å². The number of carbonyl (C=O) groups excluding carboxylic acids is 1. The minimum Gasteiger partial charge on any atom is -0.490 e. The van der Waals surface area contributed by atoms with Gasteiger partial charge in [-0.05, 0) is 91.0 Å². The molecule has 1 N–H and O–H groups in total. The van der Waals surface area contributed by atoms with Gasteiger partial charge < -0.3 is 10.1 Å². The molecular formula is C29H32FNO2. The number of rotatable bonds is 8. The van der Waals surface area contributed by atoms with E-state index in [0.717, 1.165) is 41.7 Å². The number of amides is 1. The topological polar surface area (TPSA) is 38.3 Å². The highest BCUT2D eigenvalue weighted by Crippen LogP contribution is 2.33. The van der Waals surface area contributed by atoms with Crippen LogP contribution in [0.15, 0.2) is 72.8 Å². The van der Waals surface area contributed by atoms with Crippen molar-refractivity contribution < 1.29 is 13.9 Å². The summed E-state index contributed by atoms with van der Waals surface area (Å²) in [6, 6.07) is 23.4. The molecule has 1 saturated carbocycles. The van der Waals surface area contributed by atoms with Gasteiger partial charge in [0.05, 0.1) is 6.10 Å². The van der Waals surface area contributed by atoms with Crippen molar-refractivity contribution in [2.24, 2.45) is 5.92 Å². The molecule has 0 radical (unpaired) electrons. The van der Waals surface area contributed by atoms with Gasteiger partial charge in [-0.1, -0.05) is 48.5 Å². The van der Waals surface area contributed by atoms with Crippen molar-refractivity contribution in [2.45, 2.75) is 51.6 Å². The molecule has 3 aromatic rings. The van der Waals surface area contributed by atoms with Gasteiger partial charge in [-0.2, -0.15) is 0 Å². The van der Waals surface area contributed by atoms with Gasteiger partial charge in [0.25, 0.3) is 0 Å². The molecule has 4 rings (SSSR count). The Kier molecular flexibility index (Phi) is 7.77. The lowest BCUT2D eigenvalue weighted by Gasteiger charge is -2.29. The molecule has 1 aliphatic rings. The minimum atomic E-state index is -0.261. The smallest absolute Gasteiger partial charge is 0.216 e. The van der Waals surface area contributed by atoms with Crippen LogP contribution in [0.1, 0.15) is 43.7 Å². The molecular weight excluding hydrogens is 413 g/mol. The molecule has 1 aliphatic carbocycles. The van der Waals surface area contributed by atoms with E-state index in [1.54, 1.807) is 12.1 Å². The van der Waals surface area contributed by atoms with Gasteiger partial charge in [-0.3, -0.25) is 4.79 Å². The van der Waals surface area contributed by atoms with Crippen molar-refractivity contribution in [1.82, 2.24) is 5.32 Å². The maximum Gasteiger partial charge on any atom is 0.216 e. The highest BCUT2D eigenvalue weighted by Gasteiger charge is 2.23. The summed E-state index contributed by atoms with van der Waals surface area (Å²) in [5.74, 6) is 1.23. The lowest BCUT2D eigenvalue weighted by molar-refractivity contribution is -0.118. The zero-order chi connectivity index (χ0) is 23.0. The summed E-state index contributed by atoms with van der Waals surface area (Å²) in [5, 5.41) is 2.84. The predicted octanol–water partition coefficient (Wildman–Crippen LogP) is 6.35. The van der Waals surface area contributed by atoms with Gasteiger partial charge in [-0.25, -0.2) is 4.39 Å². The molecule has 0 aromatic heterocycles. The number of nitrogens with one attached hydrogen (secondary N) is 1. The third kappa shape index (κ3) is 6.67. The molecule has 0 heterocycles. The lowest BCUT2D eigenvalue weighted by Crippen LogP contribution is -2.25. The number of halogens is 1. The molecule has 4 heteroatoms. The molecule has 0 aliphatic heterocycles. The largest absolute Gasteiger partial charge is 0.490 e. The van der Waals surface area contributed by atoms with Crippen LogP contribution in [0.25, 0.3) is 11.1 Å². The van der Waals surface area contributed by atoms with E-state index < -0.39 is 0 Å². The van der Waals surface area contributed by atoms with Crippen molar-refractivity contribution in [3.05, 3.63) is 89.7 Å². The molecule has 33 heavy (non-hydrogen) atoms. The van der Waals surface area contributed by atoms with Crippen molar-refractivity contribution >= 4 is 5.91 Å². The molecule has 3 aromatic carbocycles. The van der Waals surface area contributed by atoms with Crippen LogP contribution in [-0.4, -0.2) is 18.6 Å². The van der Waals surface area contributed by atoms with E-state index in [4.69, 9.17) is 4.74 Å². The standard InChI is InChI=1S/C29H32FNO2/c1-21(32)31-17-16-24-12-15-28(20-29(24)25-8-5-9-26(30)19-25)33-27-13-10-23(11-14-27)18-22-6-3-2-4-7-22/h2-9,12,15,19-20,23,27H,10-11,13-14,16-18H2,1H3,(H,31,32). The van der Waals surface area contributed by atoms with E-state index in [0.29, 0.717) is 18.9 Å². The molecule has 172 valence electrons. The van der Waals surface area contributed by atoms with Crippen LogP contribution in [0.3, 0.4) is 0 Å². The molecule has 0 unspecified atom stereocenters. The molecule has 3 nitrogen and oxygen atoms in total. The van der Waals surface area contributed by atoms with Crippen LogP contribution in [0.5, 0.6) is 5.75 Å². The number of benzene rings is 3. The maximum absolute atomic E-state index is 13.9. The van der Waals surface area contributed by atoms with Crippen LogP contribution in [-0.2, 0) is 17.6 Å². The number of hydrogen-bond donors (Lipinski definition) is 1. The van der Waals surface area contributed by atoms with E-state index in [2.05, 4.69) is 35.6 Å². The highest BCUT2D eigenvalue weighted by atomic mass is 19.1. The van der Waals surface area contributed by atoms with Gasteiger partial charge in [0, 0.05) is 13.5 Å². The van der Waals surface area contributed by atoms with E-state index >= 15 is 0 Å². The van der Waals surface area contributed by atoms with E-state index in [-0.39, 0.29) is 17.8 Å². The molecule has 1 amide bonds. The van der Waals surface area contributed by atoms with Gasteiger partial charge >= 0.3 is 0 Å². The first-order chi connectivity index (χ1) is 16.1. The van der Waals surface area contributed by atoms with Crippen molar-refractivity contribution in [1.29, 1.82) is 0 Å². The fourth-order valence-corrected chi connectivity index (χ4v) is 4.74. The maximum atomic E-state index is 13.9. The van der Waals surface area contributed by atoms with Gasteiger partial charge in [-0.15, -0.1) is 0 Å². The summed E-state index contributed by atoms with van der Waals surface area (Å²) >= 11 is 0. The Morgan fingerprint density at radius 2 is 1.76 bits per heavy atom. The number of ether oxygens (including phenoxy) is 1. The Morgan fingerprint density at radius 3 is 2.48 bits per heavy atom. The Morgan fingerprint density at radius 1 is 0.970 bits per heavy atom. The van der Waals surface area contributed by atoms with Crippen molar-refractivity contribution in [2.75, 3.05) is 6.54 Å². The van der Waals surface area contributed by atoms with Crippen molar-refractivity contribution in [3.63, 3.8) is 0 Å².